The molecule has 0 amide bonds. The van der Waals surface area contributed by atoms with Crippen LogP contribution >= 0.6 is 0 Å². The standard InChI is InChI=1S/C14H24O3/c1-13(2)8-11(14(3,4)17-13)12(15)7-10-5-6-16-9-10/h10-11H,5-9H2,1-4H3. The van der Waals surface area contributed by atoms with E-state index in [-0.39, 0.29) is 17.1 Å². The summed E-state index contributed by atoms with van der Waals surface area (Å²) in [5.74, 6) is 0.830. The van der Waals surface area contributed by atoms with Crippen molar-refractivity contribution in [3.05, 3.63) is 0 Å². The van der Waals surface area contributed by atoms with E-state index >= 15 is 0 Å². The fourth-order valence-corrected chi connectivity index (χ4v) is 3.23. The Morgan fingerprint density at radius 3 is 2.47 bits per heavy atom. The third-order valence-electron chi connectivity index (χ3n) is 3.98. The third kappa shape index (κ3) is 2.89. The van der Waals surface area contributed by atoms with Gasteiger partial charge in [-0.3, -0.25) is 4.79 Å². The van der Waals surface area contributed by atoms with Gasteiger partial charge in [-0.25, -0.2) is 0 Å². The monoisotopic (exact) mass is 240 g/mol. The molecule has 2 aliphatic rings. The quantitative estimate of drug-likeness (QED) is 0.760. The second-order valence-corrected chi connectivity index (χ2v) is 6.62. The molecule has 0 aromatic carbocycles. The molecule has 2 fully saturated rings. The van der Waals surface area contributed by atoms with Crippen LogP contribution in [0, 0.1) is 11.8 Å². The zero-order valence-corrected chi connectivity index (χ0v) is 11.4. The number of hydrogen-bond acceptors (Lipinski definition) is 3. The van der Waals surface area contributed by atoms with Crippen LogP contribution in [0.25, 0.3) is 0 Å². The molecule has 3 heteroatoms. The fourth-order valence-electron chi connectivity index (χ4n) is 3.23. The predicted octanol–water partition coefficient (Wildman–Crippen LogP) is 2.58. The molecule has 17 heavy (non-hydrogen) atoms. The van der Waals surface area contributed by atoms with Gasteiger partial charge in [0.15, 0.2) is 0 Å². The number of rotatable bonds is 3. The van der Waals surface area contributed by atoms with Crippen LogP contribution in [0.3, 0.4) is 0 Å². The first-order chi connectivity index (χ1) is 7.80. The van der Waals surface area contributed by atoms with E-state index in [4.69, 9.17) is 9.47 Å². The molecule has 3 nitrogen and oxygen atoms in total. The molecular weight excluding hydrogens is 216 g/mol. The fraction of sp³-hybridized carbons (Fsp3) is 0.929. The van der Waals surface area contributed by atoms with Crippen molar-refractivity contribution in [1.82, 2.24) is 0 Å². The maximum Gasteiger partial charge on any atom is 0.139 e. The van der Waals surface area contributed by atoms with Gasteiger partial charge in [0.2, 0.25) is 0 Å². The van der Waals surface area contributed by atoms with Gasteiger partial charge < -0.3 is 9.47 Å². The smallest absolute Gasteiger partial charge is 0.139 e. The minimum absolute atomic E-state index is 0.0399. The van der Waals surface area contributed by atoms with Crippen molar-refractivity contribution in [3.8, 4) is 0 Å². The first-order valence-corrected chi connectivity index (χ1v) is 6.61. The summed E-state index contributed by atoms with van der Waals surface area (Å²) in [6.45, 7) is 9.78. The Bertz CT molecular complexity index is 301. The highest BCUT2D eigenvalue weighted by Gasteiger charge is 2.49. The Morgan fingerprint density at radius 2 is 2.00 bits per heavy atom. The van der Waals surface area contributed by atoms with Crippen LogP contribution in [0.5, 0.6) is 0 Å². The largest absolute Gasteiger partial charge is 0.381 e. The Labute approximate surface area is 104 Å². The zero-order chi connectivity index (χ0) is 12.7. The normalized spacial score (nSPS) is 35.1. The molecular formula is C14H24O3. The summed E-state index contributed by atoms with van der Waals surface area (Å²) in [7, 11) is 0. The molecule has 2 saturated heterocycles. The number of ketones is 1. The van der Waals surface area contributed by atoms with E-state index in [0.717, 1.165) is 26.1 Å². The van der Waals surface area contributed by atoms with Gasteiger partial charge in [-0.1, -0.05) is 0 Å². The highest BCUT2D eigenvalue weighted by Crippen LogP contribution is 2.43. The Kier molecular flexibility index (Phi) is 3.34. The van der Waals surface area contributed by atoms with Crippen molar-refractivity contribution in [3.63, 3.8) is 0 Å². The molecule has 0 aromatic heterocycles. The zero-order valence-electron chi connectivity index (χ0n) is 11.4. The molecule has 0 aromatic rings. The van der Waals surface area contributed by atoms with Crippen molar-refractivity contribution < 1.29 is 14.3 Å². The lowest BCUT2D eigenvalue weighted by Gasteiger charge is -2.27. The number of ether oxygens (including phenoxy) is 2. The van der Waals surface area contributed by atoms with E-state index in [0.29, 0.717) is 18.1 Å². The lowest BCUT2D eigenvalue weighted by molar-refractivity contribution is -0.130. The van der Waals surface area contributed by atoms with Gasteiger partial charge in [0.25, 0.3) is 0 Å². The number of carbonyl (C=O) groups is 1. The van der Waals surface area contributed by atoms with Crippen molar-refractivity contribution >= 4 is 5.78 Å². The Balaban J connectivity index is 1.99. The minimum Gasteiger partial charge on any atom is -0.381 e. The predicted molar refractivity (Wildman–Crippen MR) is 65.9 cm³/mol. The summed E-state index contributed by atoms with van der Waals surface area (Å²) >= 11 is 0. The second-order valence-electron chi connectivity index (χ2n) is 6.62. The van der Waals surface area contributed by atoms with Crippen molar-refractivity contribution in [2.24, 2.45) is 11.8 Å². The Hall–Kier alpha value is -0.410. The summed E-state index contributed by atoms with van der Waals surface area (Å²) in [5.41, 5.74) is -0.490. The first kappa shape index (κ1) is 13.0. The molecule has 0 spiro atoms. The number of hydrogen-bond donors (Lipinski definition) is 0. The average Bonchev–Trinajstić information content (AvgIpc) is 2.71. The molecule has 0 bridgehead atoms. The topological polar surface area (TPSA) is 35.5 Å². The summed E-state index contributed by atoms with van der Waals surface area (Å²) in [5, 5.41) is 0. The van der Waals surface area contributed by atoms with Gasteiger partial charge in [0, 0.05) is 25.6 Å². The van der Waals surface area contributed by atoms with E-state index in [9.17, 15) is 4.79 Å². The number of Topliss-reactive ketones (excluding diaryl/α,β-unsaturated/α-hetero) is 1. The van der Waals surface area contributed by atoms with Gasteiger partial charge in [-0.2, -0.15) is 0 Å². The van der Waals surface area contributed by atoms with Crippen molar-refractivity contribution in [1.29, 1.82) is 0 Å². The maximum atomic E-state index is 12.4. The molecule has 98 valence electrons. The molecule has 2 atom stereocenters. The third-order valence-corrected chi connectivity index (χ3v) is 3.98. The van der Waals surface area contributed by atoms with Gasteiger partial charge in [0.1, 0.15) is 5.78 Å². The molecule has 0 aliphatic carbocycles. The SMILES string of the molecule is CC1(C)CC(C(=O)CC2CCOC2)C(C)(C)O1. The van der Waals surface area contributed by atoms with Crippen molar-refractivity contribution in [2.75, 3.05) is 13.2 Å². The lowest BCUT2D eigenvalue weighted by Crippen LogP contribution is -2.34. The van der Waals surface area contributed by atoms with Crippen LogP contribution in [0.4, 0.5) is 0 Å². The summed E-state index contributed by atoms with van der Waals surface area (Å²) in [6, 6.07) is 0. The van der Waals surface area contributed by atoms with Crippen LogP contribution < -0.4 is 0 Å². The van der Waals surface area contributed by atoms with Crippen LogP contribution in [-0.4, -0.2) is 30.2 Å². The van der Waals surface area contributed by atoms with Crippen molar-refractivity contribution in [2.45, 2.75) is 58.2 Å². The Morgan fingerprint density at radius 1 is 1.29 bits per heavy atom. The first-order valence-electron chi connectivity index (χ1n) is 6.61. The molecule has 0 radical (unpaired) electrons. The lowest BCUT2D eigenvalue weighted by atomic mass is 9.81. The van der Waals surface area contributed by atoms with Crippen LogP contribution in [0.2, 0.25) is 0 Å². The van der Waals surface area contributed by atoms with E-state index in [1.807, 2.05) is 13.8 Å². The van der Waals surface area contributed by atoms with E-state index in [1.165, 1.54) is 0 Å². The highest BCUT2D eigenvalue weighted by atomic mass is 16.5. The minimum atomic E-state index is -0.319. The maximum absolute atomic E-state index is 12.4. The van der Waals surface area contributed by atoms with Crippen LogP contribution in [0.15, 0.2) is 0 Å². The average molecular weight is 240 g/mol. The number of carbonyl (C=O) groups excluding carboxylic acids is 1. The van der Waals surface area contributed by atoms with Crippen LogP contribution in [0.1, 0.15) is 47.0 Å². The van der Waals surface area contributed by atoms with E-state index in [1.54, 1.807) is 0 Å². The van der Waals surface area contributed by atoms with Crippen LogP contribution in [-0.2, 0) is 14.3 Å². The molecule has 2 unspecified atom stereocenters. The molecule has 0 saturated carbocycles. The second kappa shape index (κ2) is 4.36. The summed E-state index contributed by atoms with van der Waals surface area (Å²) in [4.78, 5) is 12.4. The molecule has 2 heterocycles. The summed E-state index contributed by atoms with van der Waals surface area (Å²) in [6.07, 6.45) is 2.53. The van der Waals surface area contributed by atoms with Gasteiger partial charge in [-0.05, 0) is 46.5 Å². The van der Waals surface area contributed by atoms with E-state index in [2.05, 4.69) is 13.8 Å². The molecule has 2 rings (SSSR count). The van der Waals surface area contributed by atoms with E-state index < -0.39 is 0 Å². The molecule has 2 aliphatic heterocycles. The highest BCUT2D eigenvalue weighted by molar-refractivity contribution is 5.82. The molecule has 0 N–H and O–H groups in total. The van der Waals surface area contributed by atoms with Gasteiger partial charge in [0.05, 0.1) is 11.2 Å². The van der Waals surface area contributed by atoms with Gasteiger partial charge in [-0.15, -0.1) is 0 Å². The van der Waals surface area contributed by atoms with Gasteiger partial charge >= 0.3 is 0 Å². The summed E-state index contributed by atoms with van der Waals surface area (Å²) < 4.78 is 11.3.